The monoisotopic (exact) mass is 318 g/mol. The van der Waals surface area contributed by atoms with Gasteiger partial charge >= 0.3 is 0 Å². The molecule has 0 aliphatic rings. The molecule has 0 rings (SSSR count). The van der Waals surface area contributed by atoms with Gasteiger partial charge in [0, 0.05) is 28.7 Å². The van der Waals surface area contributed by atoms with Crippen molar-refractivity contribution in [3.8, 4) is 0 Å². The lowest BCUT2D eigenvalue weighted by molar-refractivity contribution is -0.114. The lowest BCUT2D eigenvalue weighted by atomic mass is 10.3. The largest absolute Gasteiger partial charge is 0.306 e. The van der Waals surface area contributed by atoms with Crippen LogP contribution in [0.4, 0.5) is 0 Å². The Kier molecular flexibility index (Phi) is 5.30. The predicted octanol–water partition coefficient (Wildman–Crippen LogP) is 4.45. The molecule has 0 saturated heterocycles. The third kappa shape index (κ3) is 2.83. The van der Waals surface area contributed by atoms with Crippen LogP contribution in [0, 0.1) is 5.92 Å². The number of carbonyl (C=O) groups excluding carboxylic acids is 1. The first kappa shape index (κ1) is 18.5. The Hall–Kier alpha value is 0.538. The van der Waals surface area contributed by atoms with Gasteiger partial charge in [-0.2, -0.15) is 0 Å². The van der Waals surface area contributed by atoms with E-state index in [0.717, 1.165) is 5.41 Å². The maximum Gasteiger partial charge on any atom is 0.112 e. The molecule has 108 valence electrons. The van der Waals surface area contributed by atoms with E-state index in [1.54, 1.807) is 0 Å². The molecule has 0 unspecified atom stereocenters. The van der Waals surface area contributed by atoms with Crippen molar-refractivity contribution >= 4 is 34.8 Å². The molecule has 0 heterocycles. The lowest BCUT2D eigenvalue weighted by Gasteiger charge is -2.56. The van der Waals surface area contributed by atoms with Crippen LogP contribution in [-0.4, -0.2) is 34.8 Å². The molecule has 0 aromatic rings. The van der Waals surface area contributed by atoms with Crippen LogP contribution in [0.15, 0.2) is 0 Å². The molecule has 0 atom stereocenters. The zero-order valence-electron chi connectivity index (χ0n) is 14.5. The van der Waals surface area contributed by atoms with Crippen molar-refractivity contribution in [2.24, 2.45) is 5.92 Å². The summed E-state index contributed by atoms with van der Waals surface area (Å²) >= 11 is 0. The Morgan fingerprint density at radius 2 is 0.889 bits per heavy atom. The summed E-state index contributed by atoms with van der Waals surface area (Å²) in [5, 5.41) is 0.722. The molecule has 0 aromatic heterocycles. The molecular weight excluding hydrogens is 284 g/mol. The van der Waals surface area contributed by atoms with Crippen molar-refractivity contribution in [2.75, 3.05) is 0 Å². The summed E-state index contributed by atoms with van der Waals surface area (Å²) in [7, 11) is -4.26. The van der Waals surface area contributed by atoms with Crippen molar-refractivity contribution in [3.05, 3.63) is 0 Å². The molecule has 1 nitrogen and oxygen atoms in total. The van der Waals surface area contributed by atoms with E-state index in [1.165, 1.54) is 0 Å². The summed E-state index contributed by atoms with van der Waals surface area (Å²) in [4.78, 5) is 13.3. The van der Waals surface area contributed by atoms with Crippen LogP contribution >= 0.6 is 0 Å². The highest BCUT2D eigenvalue weighted by molar-refractivity contribution is 7.96. The average molecular weight is 319 g/mol. The van der Waals surface area contributed by atoms with Gasteiger partial charge in [0.05, 0.1) is 0 Å². The third-order valence-electron chi connectivity index (χ3n) is 4.27. The van der Waals surface area contributed by atoms with E-state index < -0.39 is 29.4 Å². The van der Waals surface area contributed by atoms with E-state index in [0.29, 0.717) is 0 Å². The van der Waals surface area contributed by atoms with Crippen LogP contribution in [-0.2, 0) is 4.79 Å². The van der Waals surface area contributed by atoms with Gasteiger partial charge in [-0.1, -0.05) is 72.8 Å². The minimum Gasteiger partial charge on any atom is -0.306 e. The summed E-state index contributed by atoms with van der Waals surface area (Å²) in [5.41, 5.74) is 0. The second-order valence-corrected chi connectivity index (χ2v) is 49.3. The van der Waals surface area contributed by atoms with Gasteiger partial charge in [-0.25, -0.2) is 0 Å². The Bertz CT molecular complexity index is 279. The molecule has 0 amide bonds. The van der Waals surface area contributed by atoms with Gasteiger partial charge in [0.25, 0.3) is 0 Å². The van der Waals surface area contributed by atoms with Crippen LogP contribution in [0.25, 0.3) is 0 Å². The van der Waals surface area contributed by atoms with Gasteiger partial charge < -0.3 is 4.79 Å². The summed E-state index contributed by atoms with van der Waals surface area (Å²) < 4.78 is 0. The van der Waals surface area contributed by atoms with Gasteiger partial charge in [-0.3, -0.25) is 0 Å². The summed E-state index contributed by atoms with van der Waals surface area (Å²) in [6.07, 6.45) is 0. The highest BCUT2D eigenvalue weighted by Gasteiger charge is 2.66. The Balaban J connectivity index is 6.37. The van der Waals surface area contributed by atoms with Gasteiger partial charge in [-0.05, 0) is 0 Å². The van der Waals surface area contributed by atoms with Crippen LogP contribution in [0.2, 0.25) is 58.9 Å². The Morgan fingerprint density at radius 1 is 0.667 bits per heavy atom. The van der Waals surface area contributed by atoms with Crippen molar-refractivity contribution < 1.29 is 4.79 Å². The van der Waals surface area contributed by atoms with Crippen molar-refractivity contribution in [3.63, 3.8) is 0 Å². The standard InChI is InChI=1S/C13H34OSi4/c1-12(2)13(14)18(15(3,4)5,16(6,7)8)17(9,10)11/h12H,1-11H3. The van der Waals surface area contributed by atoms with E-state index >= 15 is 0 Å². The van der Waals surface area contributed by atoms with Crippen LogP contribution in [0.1, 0.15) is 13.8 Å². The minimum absolute atomic E-state index is 0.238. The van der Waals surface area contributed by atoms with Crippen LogP contribution in [0.5, 0.6) is 0 Å². The van der Waals surface area contributed by atoms with Gasteiger partial charge in [-0.15, -0.1) is 0 Å². The first-order chi connectivity index (χ1) is 7.60. The van der Waals surface area contributed by atoms with Gasteiger partial charge in [0.1, 0.15) is 12.0 Å². The van der Waals surface area contributed by atoms with E-state index in [9.17, 15) is 4.79 Å². The van der Waals surface area contributed by atoms with E-state index in [4.69, 9.17) is 0 Å². The molecule has 0 N–H and O–H groups in total. The highest BCUT2D eigenvalue weighted by Crippen LogP contribution is 2.39. The summed E-state index contributed by atoms with van der Waals surface area (Å²) in [6, 6.07) is 0. The molecule has 0 aliphatic carbocycles. The number of carbonyl (C=O) groups is 1. The van der Waals surface area contributed by atoms with Crippen LogP contribution in [0.3, 0.4) is 0 Å². The SMILES string of the molecule is CC(C)C(=O)[Si]([Si](C)(C)C)([Si](C)(C)C)[Si](C)(C)C. The molecule has 5 heteroatoms. The molecule has 0 aromatic carbocycles. The fourth-order valence-electron chi connectivity index (χ4n) is 4.92. The average Bonchev–Trinajstić information content (AvgIpc) is 1.94. The molecule has 0 radical (unpaired) electrons. The third-order valence-corrected chi connectivity index (χ3v) is 75.3. The quantitative estimate of drug-likeness (QED) is 0.684. The lowest BCUT2D eigenvalue weighted by Crippen LogP contribution is -2.87. The second-order valence-electron chi connectivity index (χ2n) is 9.02. The molecule has 0 bridgehead atoms. The number of rotatable bonds is 5. The van der Waals surface area contributed by atoms with E-state index in [2.05, 4.69) is 72.8 Å². The predicted molar refractivity (Wildman–Crippen MR) is 95.6 cm³/mol. The Labute approximate surface area is 118 Å². The highest BCUT2D eigenvalue weighted by atomic mass is 29.9. The number of hydrogen-bond donors (Lipinski definition) is 0. The first-order valence-electron chi connectivity index (χ1n) is 7.15. The zero-order chi connectivity index (χ0) is 15.2. The minimum atomic E-state index is -1.79. The molecule has 0 saturated carbocycles. The maximum absolute atomic E-state index is 13.3. The second kappa shape index (κ2) is 5.14. The smallest absolute Gasteiger partial charge is 0.112 e. The maximum atomic E-state index is 13.3. The first-order valence-corrected chi connectivity index (χ1v) is 22.6. The van der Waals surface area contributed by atoms with E-state index in [1.807, 2.05) is 0 Å². The fourth-order valence-corrected chi connectivity index (χ4v) is 105. The molecule has 0 aliphatic heterocycles. The van der Waals surface area contributed by atoms with Gasteiger partial charge in [0.15, 0.2) is 0 Å². The molecule has 18 heavy (non-hydrogen) atoms. The number of hydrogen-bond acceptors (Lipinski definition) is 1. The fraction of sp³-hybridized carbons (Fsp3) is 0.923. The van der Waals surface area contributed by atoms with E-state index in [-0.39, 0.29) is 5.92 Å². The normalized spacial score (nSPS) is 15.1. The molecular formula is C13H34OSi4. The van der Waals surface area contributed by atoms with Crippen LogP contribution < -0.4 is 0 Å². The Morgan fingerprint density at radius 3 is 0.944 bits per heavy atom. The summed E-state index contributed by atoms with van der Waals surface area (Å²) in [6.45, 7) is 24.8. The van der Waals surface area contributed by atoms with Gasteiger partial charge in [0.2, 0.25) is 0 Å². The zero-order valence-corrected chi connectivity index (χ0v) is 18.5. The topological polar surface area (TPSA) is 17.1 Å². The van der Waals surface area contributed by atoms with Crippen molar-refractivity contribution in [1.82, 2.24) is 0 Å². The molecule has 0 spiro atoms. The van der Waals surface area contributed by atoms with Crippen molar-refractivity contribution in [1.29, 1.82) is 0 Å². The summed E-state index contributed by atoms with van der Waals surface area (Å²) in [5.74, 6) is 0.238. The van der Waals surface area contributed by atoms with Crippen molar-refractivity contribution in [2.45, 2.75) is 72.8 Å². The molecule has 0 fully saturated rings.